The minimum atomic E-state index is -0.781. The molecule has 0 saturated heterocycles. The summed E-state index contributed by atoms with van der Waals surface area (Å²) in [6.45, 7) is 6.08. The summed E-state index contributed by atoms with van der Waals surface area (Å²) >= 11 is 0. The Morgan fingerprint density at radius 2 is 2.04 bits per heavy atom. The Hall–Kier alpha value is -1.33. The van der Waals surface area contributed by atoms with Crippen molar-refractivity contribution in [2.75, 3.05) is 0 Å². The molecular weight excluding hydrogens is 332 g/mol. The highest BCUT2D eigenvalue weighted by molar-refractivity contribution is 5.66. The van der Waals surface area contributed by atoms with Crippen molar-refractivity contribution in [2.45, 2.75) is 90.4 Å². The smallest absolute Gasteiger partial charge is 0.303 e. The number of carbonyl (C=O) groups is 1. The highest BCUT2D eigenvalue weighted by atomic mass is 16.5. The van der Waals surface area contributed by atoms with Gasteiger partial charge < -0.3 is 20.1 Å². The summed E-state index contributed by atoms with van der Waals surface area (Å²) < 4.78 is 5.97. The summed E-state index contributed by atoms with van der Waals surface area (Å²) in [5, 5.41) is 29.0. The van der Waals surface area contributed by atoms with Crippen LogP contribution in [-0.4, -0.2) is 39.6 Å². The lowest BCUT2D eigenvalue weighted by atomic mass is 9.94. The molecule has 1 fully saturated rings. The molecule has 1 aliphatic rings. The van der Waals surface area contributed by atoms with Crippen LogP contribution in [0.5, 0.6) is 0 Å². The van der Waals surface area contributed by atoms with Gasteiger partial charge in [-0.05, 0) is 32.3 Å². The Morgan fingerprint density at radius 1 is 1.31 bits per heavy atom. The number of aliphatic hydroxyl groups excluding tert-OH is 2. The first-order valence-electron chi connectivity index (χ1n) is 9.94. The number of ether oxygens (including phenoxy) is 1. The molecule has 0 aromatic heterocycles. The molecule has 26 heavy (non-hydrogen) atoms. The molecule has 1 aliphatic carbocycles. The van der Waals surface area contributed by atoms with E-state index in [9.17, 15) is 15.0 Å². The van der Waals surface area contributed by atoms with Gasteiger partial charge in [0.25, 0.3) is 0 Å². The number of allylic oxidation sites excluding steroid dienone is 2. The second kappa shape index (κ2) is 12.1. The molecule has 0 aromatic rings. The van der Waals surface area contributed by atoms with Gasteiger partial charge in [-0.3, -0.25) is 4.79 Å². The monoisotopic (exact) mass is 368 g/mol. The van der Waals surface area contributed by atoms with Gasteiger partial charge in [0.05, 0.1) is 18.0 Å². The molecule has 0 aromatic carbocycles. The van der Waals surface area contributed by atoms with E-state index in [1.54, 1.807) is 0 Å². The second-order valence-corrected chi connectivity index (χ2v) is 7.44. The van der Waals surface area contributed by atoms with E-state index >= 15 is 0 Å². The van der Waals surface area contributed by atoms with E-state index in [-0.39, 0.29) is 24.4 Å². The topological polar surface area (TPSA) is 87.0 Å². The highest BCUT2D eigenvalue weighted by Gasteiger charge is 2.39. The van der Waals surface area contributed by atoms with E-state index < -0.39 is 18.2 Å². The van der Waals surface area contributed by atoms with Gasteiger partial charge in [-0.15, -0.1) is 0 Å². The van der Waals surface area contributed by atoms with Crippen molar-refractivity contribution in [1.82, 2.24) is 0 Å². The summed E-state index contributed by atoms with van der Waals surface area (Å²) in [5.41, 5.74) is 0. The molecule has 0 spiro atoms. The maximum atomic E-state index is 10.5. The first kappa shape index (κ1) is 22.7. The van der Waals surface area contributed by atoms with Crippen LogP contribution in [0.3, 0.4) is 0 Å². The quantitative estimate of drug-likeness (QED) is 0.275. The summed E-state index contributed by atoms with van der Waals surface area (Å²) in [5.74, 6) is 0.145. The van der Waals surface area contributed by atoms with E-state index in [0.717, 1.165) is 31.4 Å². The van der Waals surface area contributed by atoms with Gasteiger partial charge in [0.15, 0.2) is 0 Å². The minimum absolute atomic E-state index is 0.0133. The van der Waals surface area contributed by atoms with Crippen molar-refractivity contribution in [3.05, 3.63) is 24.0 Å². The minimum Gasteiger partial charge on any atom is -0.495 e. The van der Waals surface area contributed by atoms with E-state index in [2.05, 4.69) is 13.8 Å². The van der Waals surface area contributed by atoms with Crippen LogP contribution in [0.4, 0.5) is 0 Å². The van der Waals surface area contributed by atoms with Crippen LogP contribution in [0.25, 0.3) is 0 Å². The average molecular weight is 369 g/mol. The molecule has 0 bridgehead atoms. The molecule has 5 heteroatoms. The molecule has 5 atom stereocenters. The van der Waals surface area contributed by atoms with Crippen LogP contribution in [0.15, 0.2) is 24.0 Å². The SMILES string of the molecule is CCCCC[C@@H](O)/C=C/[C@@H]1[C@@H](C)[C@H](O/C(C)=C\CCCC(=O)O)C[C@@H]1O. The molecule has 0 heterocycles. The fourth-order valence-corrected chi connectivity index (χ4v) is 3.47. The van der Waals surface area contributed by atoms with Crippen LogP contribution in [0.2, 0.25) is 0 Å². The zero-order valence-corrected chi connectivity index (χ0v) is 16.4. The van der Waals surface area contributed by atoms with Crippen molar-refractivity contribution in [3.63, 3.8) is 0 Å². The van der Waals surface area contributed by atoms with Gasteiger partial charge in [0, 0.05) is 24.7 Å². The van der Waals surface area contributed by atoms with Gasteiger partial charge in [0.1, 0.15) is 6.10 Å². The van der Waals surface area contributed by atoms with Gasteiger partial charge in [0.2, 0.25) is 0 Å². The maximum absolute atomic E-state index is 10.5. The fourth-order valence-electron chi connectivity index (χ4n) is 3.47. The number of carboxylic acid groups (broad SMARTS) is 1. The van der Waals surface area contributed by atoms with Crippen molar-refractivity contribution >= 4 is 5.97 Å². The van der Waals surface area contributed by atoms with Crippen LogP contribution in [0.1, 0.15) is 72.1 Å². The number of hydrogen-bond acceptors (Lipinski definition) is 4. The third-order valence-corrected chi connectivity index (χ3v) is 5.13. The molecule has 0 aliphatic heterocycles. The van der Waals surface area contributed by atoms with Crippen LogP contribution >= 0.6 is 0 Å². The summed E-state index contributed by atoms with van der Waals surface area (Å²) in [7, 11) is 0. The van der Waals surface area contributed by atoms with E-state index in [1.165, 1.54) is 0 Å². The van der Waals surface area contributed by atoms with Crippen LogP contribution < -0.4 is 0 Å². The molecule has 3 N–H and O–H groups in total. The summed E-state index contributed by atoms with van der Waals surface area (Å²) in [6.07, 6.45) is 10.8. The lowest BCUT2D eigenvalue weighted by Gasteiger charge is -2.21. The number of rotatable bonds is 12. The summed E-state index contributed by atoms with van der Waals surface area (Å²) in [6, 6.07) is 0. The van der Waals surface area contributed by atoms with Crippen LogP contribution in [0, 0.1) is 11.8 Å². The summed E-state index contributed by atoms with van der Waals surface area (Å²) in [4.78, 5) is 10.5. The Balaban J connectivity index is 2.46. The molecule has 1 saturated carbocycles. The number of carboxylic acids is 1. The first-order valence-corrected chi connectivity index (χ1v) is 9.94. The van der Waals surface area contributed by atoms with Crippen molar-refractivity contribution in [3.8, 4) is 0 Å². The molecule has 0 unspecified atom stereocenters. The predicted octanol–water partition coefficient (Wildman–Crippen LogP) is 4.04. The van der Waals surface area contributed by atoms with E-state index in [4.69, 9.17) is 9.84 Å². The largest absolute Gasteiger partial charge is 0.495 e. The van der Waals surface area contributed by atoms with Gasteiger partial charge in [-0.1, -0.05) is 45.3 Å². The lowest BCUT2D eigenvalue weighted by molar-refractivity contribution is -0.137. The zero-order chi connectivity index (χ0) is 19.5. The van der Waals surface area contributed by atoms with Gasteiger partial charge in [-0.25, -0.2) is 0 Å². The normalized spacial score (nSPS) is 27.8. The molecular formula is C21H36O5. The van der Waals surface area contributed by atoms with Crippen molar-refractivity contribution in [2.24, 2.45) is 11.8 Å². The van der Waals surface area contributed by atoms with E-state index in [0.29, 0.717) is 19.3 Å². The first-order chi connectivity index (χ1) is 12.3. The lowest BCUT2D eigenvalue weighted by Crippen LogP contribution is -2.19. The van der Waals surface area contributed by atoms with Gasteiger partial charge in [-0.2, -0.15) is 0 Å². The van der Waals surface area contributed by atoms with E-state index in [1.807, 2.05) is 25.2 Å². The highest BCUT2D eigenvalue weighted by Crippen LogP contribution is 2.36. The molecule has 1 rings (SSSR count). The Labute approximate surface area is 157 Å². The molecule has 5 nitrogen and oxygen atoms in total. The molecule has 0 radical (unpaired) electrons. The molecule has 0 amide bonds. The Kier molecular flexibility index (Phi) is 10.6. The number of hydrogen-bond donors (Lipinski definition) is 3. The number of unbranched alkanes of at least 4 members (excludes halogenated alkanes) is 3. The van der Waals surface area contributed by atoms with Crippen molar-refractivity contribution in [1.29, 1.82) is 0 Å². The number of aliphatic carboxylic acids is 1. The fraction of sp³-hybridized carbons (Fsp3) is 0.762. The predicted molar refractivity (Wildman–Crippen MR) is 103 cm³/mol. The Bertz CT molecular complexity index is 471. The standard InChI is InChI=1S/C21H36O5/c1-4-5-6-10-17(22)12-13-18-16(3)20(14-19(18)23)26-15(2)9-7-8-11-21(24)25/h9,12-13,16-20,22-23H,4-8,10-11,14H2,1-3H3,(H,24,25)/b13-12+,15-9-/t16-,17-,18-,19+,20-/m1/s1. The van der Waals surface area contributed by atoms with Crippen LogP contribution in [-0.2, 0) is 9.53 Å². The van der Waals surface area contributed by atoms with Crippen molar-refractivity contribution < 1.29 is 24.9 Å². The third-order valence-electron chi connectivity index (χ3n) is 5.13. The number of aliphatic hydroxyl groups is 2. The van der Waals surface area contributed by atoms with Gasteiger partial charge >= 0.3 is 5.97 Å². The Morgan fingerprint density at radius 3 is 2.69 bits per heavy atom. The second-order valence-electron chi connectivity index (χ2n) is 7.44. The third kappa shape index (κ3) is 8.37. The maximum Gasteiger partial charge on any atom is 0.303 e. The molecule has 150 valence electrons. The average Bonchev–Trinajstić information content (AvgIpc) is 2.83. The zero-order valence-electron chi connectivity index (χ0n) is 16.4.